The number of esters is 1. The lowest BCUT2D eigenvalue weighted by Gasteiger charge is -2.21. The fraction of sp³-hybridized carbons (Fsp3) is 0.556. The lowest BCUT2D eigenvalue weighted by molar-refractivity contribution is -0.145. The highest BCUT2D eigenvalue weighted by Gasteiger charge is 2.36. The van der Waals surface area contributed by atoms with Gasteiger partial charge in [0.05, 0.1) is 26.7 Å². The normalized spacial score (nSPS) is 19.7. The van der Waals surface area contributed by atoms with Gasteiger partial charge in [0.25, 0.3) is 0 Å². The van der Waals surface area contributed by atoms with Crippen molar-refractivity contribution >= 4 is 35.9 Å². The van der Waals surface area contributed by atoms with Crippen molar-refractivity contribution in [3.05, 3.63) is 23.8 Å². The van der Waals surface area contributed by atoms with Crippen LogP contribution in [0.4, 0.5) is 0 Å². The first-order chi connectivity index (χ1) is 12.0. The standard InChI is InChI=1S/C18H27N3O4.HI/c1-5-19-18(21-10-12(2)15(11-21)17(23)25-4)20-9-13-8-14(24-3)6-7-16(13)22;/h6-8,12,15,22H,5,9-11H2,1-4H3,(H,19,20);1H. The van der Waals surface area contributed by atoms with Gasteiger partial charge >= 0.3 is 5.97 Å². The molecule has 1 aliphatic heterocycles. The Morgan fingerprint density at radius 1 is 1.38 bits per heavy atom. The van der Waals surface area contributed by atoms with E-state index in [0.29, 0.717) is 24.4 Å². The minimum atomic E-state index is -0.184. The third-order valence-electron chi connectivity index (χ3n) is 4.44. The number of rotatable bonds is 5. The molecule has 0 bridgehead atoms. The summed E-state index contributed by atoms with van der Waals surface area (Å²) in [5.41, 5.74) is 0.687. The Hall–Kier alpha value is -1.71. The highest BCUT2D eigenvalue weighted by atomic mass is 127. The zero-order valence-electron chi connectivity index (χ0n) is 15.7. The molecule has 7 nitrogen and oxygen atoms in total. The van der Waals surface area contributed by atoms with E-state index in [4.69, 9.17) is 9.47 Å². The van der Waals surface area contributed by atoms with E-state index in [-0.39, 0.29) is 47.5 Å². The Morgan fingerprint density at radius 3 is 2.73 bits per heavy atom. The molecule has 0 aromatic heterocycles. The highest BCUT2D eigenvalue weighted by molar-refractivity contribution is 14.0. The third-order valence-corrected chi connectivity index (χ3v) is 4.44. The Labute approximate surface area is 171 Å². The van der Waals surface area contributed by atoms with Crippen LogP contribution in [0.5, 0.6) is 11.5 Å². The zero-order valence-corrected chi connectivity index (χ0v) is 18.0. The molecule has 146 valence electrons. The van der Waals surface area contributed by atoms with Gasteiger partial charge in [0.1, 0.15) is 11.5 Å². The number of ether oxygens (including phenoxy) is 2. The van der Waals surface area contributed by atoms with Gasteiger partial charge in [-0.05, 0) is 31.0 Å². The first-order valence-corrected chi connectivity index (χ1v) is 8.47. The number of guanidine groups is 1. The van der Waals surface area contributed by atoms with E-state index in [1.807, 2.05) is 13.8 Å². The molecule has 2 atom stereocenters. The van der Waals surface area contributed by atoms with Crippen LogP contribution in [-0.4, -0.2) is 55.8 Å². The van der Waals surface area contributed by atoms with Gasteiger partial charge in [0.2, 0.25) is 0 Å². The van der Waals surface area contributed by atoms with Crippen molar-refractivity contribution in [3.8, 4) is 11.5 Å². The SMILES string of the molecule is CCNC(=NCc1cc(OC)ccc1O)N1CC(C)C(C(=O)OC)C1.I. The van der Waals surface area contributed by atoms with Gasteiger partial charge < -0.3 is 24.8 Å². The number of halogens is 1. The average Bonchev–Trinajstić information content (AvgIpc) is 3.00. The first-order valence-electron chi connectivity index (χ1n) is 8.47. The van der Waals surface area contributed by atoms with E-state index in [2.05, 4.69) is 15.2 Å². The quantitative estimate of drug-likeness (QED) is 0.293. The number of nitrogens with one attached hydrogen (secondary N) is 1. The summed E-state index contributed by atoms with van der Waals surface area (Å²) in [5.74, 6) is 1.44. The topological polar surface area (TPSA) is 83.4 Å². The Balaban J connectivity index is 0.00000338. The molecule has 1 aliphatic rings. The third kappa shape index (κ3) is 5.39. The lowest BCUT2D eigenvalue weighted by atomic mass is 9.99. The molecular formula is C18H28IN3O4. The molecule has 1 saturated heterocycles. The molecule has 0 amide bonds. The van der Waals surface area contributed by atoms with Crippen molar-refractivity contribution in [3.63, 3.8) is 0 Å². The van der Waals surface area contributed by atoms with E-state index in [1.165, 1.54) is 7.11 Å². The number of hydrogen-bond acceptors (Lipinski definition) is 5. The van der Waals surface area contributed by atoms with Crippen molar-refractivity contribution in [2.75, 3.05) is 33.9 Å². The molecule has 1 aromatic carbocycles. The Morgan fingerprint density at radius 2 is 2.12 bits per heavy atom. The van der Waals surface area contributed by atoms with Crippen LogP contribution in [0.3, 0.4) is 0 Å². The maximum absolute atomic E-state index is 11.9. The molecule has 1 fully saturated rings. The summed E-state index contributed by atoms with van der Waals surface area (Å²) in [5, 5.41) is 13.3. The second-order valence-electron chi connectivity index (χ2n) is 6.18. The van der Waals surface area contributed by atoms with Gasteiger partial charge in [0.15, 0.2) is 5.96 Å². The smallest absolute Gasteiger partial charge is 0.310 e. The van der Waals surface area contributed by atoms with Crippen LogP contribution >= 0.6 is 24.0 Å². The van der Waals surface area contributed by atoms with E-state index in [9.17, 15) is 9.90 Å². The summed E-state index contributed by atoms with van der Waals surface area (Å²) in [6.07, 6.45) is 0. The van der Waals surface area contributed by atoms with E-state index >= 15 is 0 Å². The minimum absolute atomic E-state index is 0. The summed E-state index contributed by atoms with van der Waals surface area (Å²) in [4.78, 5) is 18.6. The van der Waals surface area contributed by atoms with Crippen LogP contribution in [0.1, 0.15) is 19.4 Å². The molecular weight excluding hydrogens is 449 g/mol. The second kappa shape index (κ2) is 10.4. The average molecular weight is 477 g/mol. The molecule has 0 aliphatic carbocycles. The number of benzene rings is 1. The molecule has 2 unspecified atom stereocenters. The van der Waals surface area contributed by atoms with Gasteiger partial charge in [0, 0.05) is 25.2 Å². The summed E-state index contributed by atoms with van der Waals surface area (Å²) in [7, 11) is 3.00. The van der Waals surface area contributed by atoms with Crippen LogP contribution in [-0.2, 0) is 16.1 Å². The molecule has 2 N–H and O–H groups in total. The summed E-state index contributed by atoms with van der Waals surface area (Å²) in [6, 6.07) is 5.07. The molecule has 8 heteroatoms. The number of carbonyl (C=O) groups excluding carboxylic acids is 1. The van der Waals surface area contributed by atoms with Crippen LogP contribution < -0.4 is 10.1 Å². The monoisotopic (exact) mass is 477 g/mol. The largest absolute Gasteiger partial charge is 0.508 e. The van der Waals surface area contributed by atoms with Crippen molar-refractivity contribution in [1.29, 1.82) is 0 Å². The molecule has 1 aromatic rings. The Bertz CT molecular complexity index is 639. The fourth-order valence-electron chi connectivity index (χ4n) is 3.00. The van der Waals surface area contributed by atoms with Crippen LogP contribution in [0, 0.1) is 11.8 Å². The predicted molar refractivity (Wildman–Crippen MR) is 111 cm³/mol. The zero-order chi connectivity index (χ0) is 18.4. The second-order valence-corrected chi connectivity index (χ2v) is 6.18. The number of phenols is 1. The molecule has 26 heavy (non-hydrogen) atoms. The Kier molecular flexibility index (Phi) is 8.97. The molecule has 2 rings (SSSR count). The van der Waals surface area contributed by atoms with Crippen molar-refractivity contribution in [2.24, 2.45) is 16.8 Å². The number of hydrogen-bond donors (Lipinski definition) is 2. The van der Waals surface area contributed by atoms with Gasteiger partial charge in [-0.2, -0.15) is 0 Å². The van der Waals surface area contributed by atoms with E-state index in [0.717, 1.165) is 19.0 Å². The van der Waals surface area contributed by atoms with Crippen molar-refractivity contribution in [1.82, 2.24) is 10.2 Å². The predicted octanol–water partition coefficient (Wildman–Crippen LogP) is 2.23. The summed E-state index contributed by atoms with van der Waals surface area (Å²) >= 11 is 0. The lowest BCUT2D eigenvalue weighted by Crippen LogP contribution is -2.40. The summed E-state index contributed by atoms with van der Waals surface area (Å²) in [6.45, 7) is 6.38. The number of nitrogens with zero attached hydrogens (tertiary/aromatic N) is 2. The van der Waals surface area contributed by atoms with Gasteiger partial charge in [-0.3, -0.25) is 4.79 Å². The summed E-state index contributed by atoms with van der Waals surface area (Å²) < 4.78 is 10.1. The van der Waals surface area contributed by atoms with Crippen LogP contribution in [0.2, 0.25) is 0 Å². The highest BCUT2D eigenvalue weighted by Crippen LogP contribution is 2.26. The van der Waals surface area contributed by atoms with Gasteiger partial charge in [-0.25, -0.2) is 4.99 Å². The van der Waals surface area contributed by atoms with Gasteiger partial charge in [-0.15, -0.1) is 24.0 Å². The van der Waals surface area contributed by atoms with Crippen LogP contribution in [0.25, 0.3) is 0 Å². The number of aromatic hydroxyl groups is 1. The van der Waals surface area contributed by atoms with E-state index < -0.39 is 0 Å². The van der Waals surface area contributed by atoms with Crippen LogP contribution in [0.15, 0.2) is 23.2 Å². The van der Waals surface area contributed by atoms with Crippen molar-refractivity contribution < 1.29 is 19.4 Å². The molecule has 0 saturated carbocycles. The van der Waals surface area contributed by atoms with Crippen molar-refractivity contribution in [2.45, 2.75) is 20.4 Å². The number of aliphatic imine (C=N–C) groups is 1. The number of carbonyl (C=O) groups is 1. The fourth-order valence-corrected chi connectivity index (χ4v) is 3.00. The minimum Gasteiger partial charge on any atom is -0.508 e. The number of likely N-dealkylation sites (tertiary alicyclic amines) is 1. The number of methoxy groups -OCH3 is 2. The number of phenolic OH excluding ortho intramolecular Hbond substituents is 1. The van der Waals surface area contributed by atoms with E-state index in [1.54, 1.807) is 25.3 Å². The van der Waals surface area contributed by atoms with Gasteiger partial charge in [-0.1, -0.05) is 6.92 Å². The molecule has 0 spiro atoms. The molecule has 0 radical (unpaired) electrons. The maximum atomic E-state index is 11.9. The maximum Gasteiger partial charge on any atom is 0.310 e. The first kappa shape index (κ1) is 22.3. The molecule has 1 heterocycles.